The molecule has 0 amide bonds. The van der Waals surface area contributed by atoms with Crippen LogP contribution >= 0.6 is 0 Å². The summed E-state index contributed by atoms with van der Waals surface area (Å²) >= 11 is 0. The van der Waals surface area contributed by atoms with Gasteiger partial charge in [0.25, 0.3) is 0 Å². The third kappa shape index (κ3) is 2.67. The average molecular weight is 202 g/mol. The van der Waals surface area contributed by atoms with Crippen molar-refractivity contribution in [3.63, 3.8) is 0 Å². The van der Waals surface area contributed by atoms with Gasteiger partial charge in [0, 0.05) is 17.1 Å². The molecule has 0 fully saturated rings. The summed E-state index contributed by atoms with van der Waals surface area (Å²) in [6.45, 7) is 0. The minimum absolute atomic E-state index is 0. The molecule has 1 aromatic rings. The van der Waals surface area contributed by atoms with Gasteiger partial charge in [0.15, 0.2) is 0 Å². The summed E-state index contributed by atoms with van der Waals surface area (Å²) in [5.41, 5.74) is 0.359. The van der Waals surface area contributed by atoms with Crippen molar-refractivity contribution >= 4 is 5.69 Å². The number of nitrogens with zero attached hydrogens (tertiary/aromatic N) is 2. The fourth-order valence-corrected chi connectivity index (χ4v) is 0.608. The van der Waals surface area contributed by atoms with Crippen LogP contribution in [0.3, 0.4) is 0 Å². The van der Waals surface area contributed by atoms with Crippen molar-refractivity contribution in [2.24, 2.45) is 5.29 Å². The minimum atomic E-state index is 0. The molecule has 5 heteroatoms. The second kappa shape index (κ2) is 4.85. The summed E-state index contributed by atoms with van der Waals surface area (Å²) in [5.74, 6) is 0. The van der Waals surface area contributed by atoms with E-state index in [0.29, 0.717) is 5.69 Å². The molecule has 0 saturated heterocycles. The maximum Gasteiger partial charge on any atom is 0.0932 e. The van der Waals surface area contributed by atoms with Crippen molar-refractivity contribution in [2.45, 2.75) is 0 Å². The first kappa shape index (κ1) is 10.1. The molecule has 0 bridgehead atoms. The van der Waals surface area contributed by atoms with E-state index in [-0.39, 0.29) is 22.2 Å². The molecule has 63 valence electrons. The topological polar surface area (TPSA) is 52.9 Å². The monoisotopic (exact) mass is 201 g/mol. The van der Waals surface area contributed by atoms with E-state index in [9.17, 15) is 4.91 Å². The standard InChI is InChI=1S/C6H6N2O2.Cu/c9-7-8(10)6-4-2-1-3-5-6;/h1-5,10H;. The first-order valence-corrected chi connectivity index (χ1v) is 2.72. The Labute approximate surface area is 74.2 Å². The van der Waals surface area contributed by atoms with Gasteiger partial charge >= 0.3 is 0 Å². The fraction of sp³-hybridized carbons (Fsp3) is 0. The van der Waals surface area contributed by atoms with Crippen molar-refractivity contribution < 1.29 is 22.3 Å². The van der Waals surface area contributed by atoms with Gasteiger partial charge in [0.2, 0.25) is 0 Å². The minimum Gasteiger partial charge on any atom is -0.265 e. The van der Waals surface area contributed by atoms with Gasteiger partial charge in [-0.1, -0.05) is 18.2 Å². The SMILES string of the molecule is O=NN(O)c1ccccc1.[Cu]. The molecule has 0 unspecified atom stereocenters. The average Bonchev–Trinajstić information content (AvgIpc) is 2.05. The van der Waals surface area contributed by atoms with Gasteiger partial charge in [0.1, 0.15) is 0 Å². The zero-order valence-corrected chi connectivity index (χ0v) is 6.38. The number of anilines is 1. The molecule has 1 radical (unpaired) electrons. The fourth-order valence-electron chi connectivity index (χ4n) is 0.608. The molecule has 0 aromatic heterocycles. The largest absolute Gasteiger partial charge is 0.265 e. The van der Waals surface area contributed by atoms with Gasteiger partial charge in [-0.25, -0.2) is 0 Å². The first-order valence-electron chi connectivity index (χ1n) is 2.72. The van der Waals surface area contributed by atoms with E-state index in [4.69, 9.17) is 5.21 Å². The van der Waals surface area contributed by atoms with Crippen LogP contribution in [0, 0.1) is 4.91 Å². The Kier molecular flexibility index (Phi) is 4.45. The Balaban J connectivity index is 0.000001000. The molecule has 0 aliphatic heterocycles. The van der Waals surface area contributed by atoms with Crippen molar-refractivity contribution in [1.82, 2.24) is 0 Å². The van der Waals surface area contributed by atoms with Crippen molar-refractivity contribution in [1.29, 1.82) is 0 Å². The number of rotatable bonds is 2. The molecular weight excluding hydrogens is 196 g/mol. The van der Waals surface area contributed by atoms with Crippen molar-refractivity contribution in [3.8, 4) is 0 Å². The predicted octanol–water partition coefficient (Wildman–Crippen LogP) is 1.56. The van der Waals surface area contributed by atoms with Gasteiger partial charge in [-0.2, -0.15) is 0 Å². The first-order chi connectivity index (χ1) is 4.84. The van der Waals surface area contributed by atoms with E-state index in [1.807, 2.05) is 0 Å². The van der Waals surface area contributed by atoms with Gasteiger partial charge in [-0.15, -0.1) is 10.1 Å². The van der Waals surface area contributed by atoms with Crippen molar-refractivity contribution in [3.05, 3.63) is 35.2 Å². The summed E-state index contributed by atoms with van der Waals surface area (Å²) in [6, 6.07) is 8.32. The quantitative estimate of drug-likeness (QED) is 0.449. The number of hydrogen-bond acceptors (Lipinski definition) is 3. The number of para-hydroxylation sites is 1. The molecule has 1 rings (SSSR count). The Bertz CT molecular complexity index is 217. The van der Waals surface area contributed by atoms with Crippen LogP contribution in [0.1, 0.15) is 0 Å². The smallest absolute Gasteiger partial charge is 0.0932 e. The molecule has 0 spiro atoms. The molecule has 1 aromatic carbocycles. The maximum absolute atomic E-state index is 9.73. The van der Waals surface area contributed by atoms with Crippen LogP contribution in [-0.4, -0.2) is 5.21 Å². The summed E-state index contributed by atoms with van der Waals surface area (Å²) in [4.78, 5) is 9.73. The Hall–Kier alpha value is -0.901. The van der Waals surface area contributed by atoms with Crippen LogP contribution < -0.4 is 5.17 Å². The second-order valence-electron chi connectivity index (χ2n) is 1.71. The van der Waals surface area contributed by atoms with Crippen LogP contribution in [0.2, 0.25) is 0 Å². The summed E-state index contributed by atoms with van der Waals surface area (Å²) in [7, 11) is 0. The van der Waals surface area contributed by atoms with E-state index < -0.39 is 0 Å². The van der Waals surface area contributed by atoms with E-state index in [1.165, 1.54) is 0 Å². The Morgan fingerprint density at radius 2 is 1.82 bits per heavy atom. The Morgan fingerprint density at radius 3 is 2.27 bits per heavy atom. The molecule has 11 heavy (non-hydrogen) atoms. The van der Waals surface area contributed by atoms with E-state index in [2.05, 4.69) is 5.29 Å². The molecular formula is C6H6CuN2O2. The van der Waals surface area contributed by atoms with Gasteiger partial charge in [-0.3, -0.25) is 5.21 Å². The normalized spacial score (nSPS) is 8.09. The molecule has 0 aliphatic carbocycles. The van der Waals surface area contributed by atoms with E-state index in [1.54, 1.807) is 30.3 Å². The maximum atomic E-state index is 9.73. The zero-order valence-electron chi connectivity index (χ0n) is 5.44. The van der Waals surface area contributed by atoms with E-state index >= 15 is 0 Å². The van der Waals surface area contributed by atoms with Crippen LogP contribution in [0.15, 0.2) is 35.6 Å². The zero-order chi connectivity index (χ0) is 7.40. The summed E-state index contributed by atoms with van der Waals surface area (Å²) in [5, 5.41) is 11.3. The summed E-state index contributed by atoms with van der Waals surface area (Å²) in [6.07, 6.45) is 0. The second-order valence-corrected chi connectivity index (χ2v) is 1.71. The molecule has 0 aliphatic rings. The van der Waals surface area contributed by atoms with Gasteiger partial charge in [-0.05, 0) is 12.1 Å². The van der Waals surface area contributed by atoms with Crippen LogP contribution in [0.5, 0.6) is 0 Å². The van der Waals surface area contributed by atoms with Crippen LogP contribution in [0.25, 0.3) is 0 Å². The Morgan fingerprint density at radius 1 is 1.27 bits per heavy atom. The van der Waals surface area contributed by atoms with E-state index in [0.717, 1.165) is 0 Å². The molecule has 4 nitrogen and oxygen atoms in total. The third-order valence-corrected chi connectivity index (χ3v) is 1.06. The number of benzene rings is 1. The third-order valence-electron chi connectivity index (χ3n) is 1.06. The number of hydrogen-bond donors (Lipinski definition) is 1. The van der Waals surface area contributed by atoms with Crippen LogP contribution in [0.4, 0.5) is 5.69 Å². The molecule has 0 heterocycles. The molecule has 0 saturated carbocycles. The molecule has 0 atom stereocenters. The van der Waals surface area contributed by atoms with Crippen molar-refractivity contribution in [2.75, 3.05) is 5.17 Å². The summed E-state index contributed by atoms with van der Waals surface area (Å²) < 4.78 is 0. The van der Waals surface area contributed by atoms with Gasteiger partial charge in [0.05, 0.1) is 11.0 Å². The molecule has 1 N–H and O–H groups in total. The predicted molar refractivity (Wildman–Crippen MR) is 36.5 cm³/mol. The van der Waals surface area contributed by atoms with Crippen LogP contribution in [-0.2, 0) is 17.1 Å². The van der Waals surface area contributed by atoms with Gasteiger partial charge < -0.3 is 0 Å². The number of nitroso groups, excluding NO2 is 1.